The van der Waals surface area contributed by atoms with Gasteiger partial charge in [-0.15, -0.1) is 0 Å². The number of hydrogen-bond acceptors (Lipinski definition) is 4. The Kier molecular flexibility index (Phi) is 5.05. The van der Waals surface area contributed by atoms with Crippen molar-refractivity contribution in [2.45, 2.75) is 33.1 Å². The lowest BCUT2D eigenvalue weighted by atomic mass is 9.87. The molecule has 1 aromatic heterocycles. The number of carbonyl (C=O) groups excluding carboxylic acids is 1. The predicted molar refractivity (Wildman–Crippen MR) is 107 cm³/mol. The van der Waals surface area contributed by atoms with Gasteiger partial charge in [0.2, 0.25) is 11.8 Å². The van der Waals surface area contributed by atoms with Gasteiger partial charge in [-0.25, -0.2) is 9.78 Å². The van der Waals surface area contributed by atoms with Gasteiger partial charge in [-0.1, -0.05) is 45.0 Å². The SMILES string of the molecule is CC(=O)Nc1ccccc1-c1oc(-c2ccc(C(C)(C)C)cc2)nc1C(=O)O. The molecular weight excluding hydrogens is 356 g/mol. The highest BCUT2D eigenvalue weighted by molar-refractivity contribution is 5.98. The number of aromatic carboxylic acids is 1. The van der Waals surface area contributed by atoms with Gasteiger partial charge < -0.3 is 14.8 Å². The summed E-state index contributed by atoms with van der Waals surface area (Å²) in [6, 6.07) is 14.5. The van der Waals surface area contributed by atoms with Gasteiger partial charge in [0.05, 0.1) is 5.69 Å². The number of rotatable bonds is 4. The number of carbonyl (C=O) groups is 2. The van der Waals surface area contributed by atoms with E-state index >= 15 is 0 Å². The number of benzene rings is 2. The zero-order chi connectivity index (χ0) is 20.5. The highest BCUT2D eigenvalue weighted by Gasteiger charge is 2.24. The lowest BCUT2D eigenvalue weighted by molar-refractivity contribution is -0.114. The third-order valence-corrected chi connectivity index (χ3v) is 4.31. The fraction of sp³-hybridized carbons (Fsp3) is 0.227. The van der Waals surface area contributed by atoms with E-state index in [1.165, 1.54) is 6.92 Å². The number of para-hydroxylation sites is 1. The van der Waals surface area contributed by atoms with Crippen LogP contribution in [0.2, 0.25) is 0 Å². The summed E-state index contributed by atoms with van der Waals surface area (Å²) in [5, 5.41) is 12.3. The first-order valence-corrected chi connectivity index (χ1v) is 8.89. The van der Waals surface area contributed by atoms with Gasteiger partial charge in [0.25, 0.3) is 0 Å². The first kappa shape index (κ1) is 19.4. The standard InChI is InChI=1S/C22H22N2O4/c1-13(25)23-17-8-6-5-7-16(17)19-18(21(26)27)24-20(28-19)14-9-11-15(12-10-14)22(2,3)4/h5-12H,1-4H3,(H,23,25)(H,26,27). The molecule has 0 bridgehead atoms. The average molecular weight is 378 g/mol. The molecule has 0 aliphatic heterocycles. The number of carboxylic acid groups (broad SMARTS) is 1. The van der Waals surface area contributed by atoms with Crippen LogP contribution in [0.25, 0.3) is 22.8 Å². The molecule has 0 fully saturated rings. The quantitative estimate of drug-likeness (QED) is 0.669. The van der Waals surface area contributed by atoms with Gasteiger partial charge in [-0.05, 0) is 35.2 Å². The summed E-state index contributed by atoms with van der Waals surface area (Å²) in [4.78, 5) is 27.4. The second-order valence-electron chi connectivity index (χ2n) is 7.56. The zero-order valence-electron chi connectivity index (χ0n) is 16.2. The van der Waals surface area contributed by atoms with Crippen LogP contribution in [0.3, 0.4) is 0 Å². The minimum Gasteiger partial charge on any atom is -0.476 e. The molecule has 6 nitrogen and oxygen atoms in total. The fourth-order valence-corrected chi connectivity index (χ4v) is 2.86. The second kappa shape index (κ2) is 7.31. The molecule has 1 heterocycles. The molecule has 28 heavy (non-hydrogen) atoms. The van der Waals surface area contributed by atoms with Crippen LogP contribution < -0.4 is 5.32 Å². The van der Waals surface area contributed by atoms with E-state index < -0.39 is 5.97 Å². The Bertz CT molecular complexity index is 1030. The van der Waals surface area contributed by atoms with Gasteiger partial charge in [0.15, 0.2) is 11.5 Å². The number of anilines is 1. The number of hydrogen-bond donors (Lipinski definition) is 2. The molecule has 0 saturated heterocycles. The Balaban J connectivity index is 2.09. The largest absolute Gasteiger partial charge is 0.476 e. The topological polar surface area (TPSA) is 92.4 Å². The van der Waals surface area contributed by atoms with E-state index in [4.69, 9.17) is 4.42 Å². The predicted octanol–water partition coefficient (Wildman–Crippen LogP) is 4.96. The van der Waals surface area contributed by atoms with Crippen LogP contribution in [0.4, 0.5) is 5.69 Å². The van der Waals surface area contributed by atoms with Crippen molar-refractivity contribution in [3.05, 3.63) is 59.8 Å². The summed E-state index contributed by atoms with van der Waals surface area (Å²) < 4.78 is 5.85. The number of oxazole rings is 1. The van der Waals surface area contributed by atoms with Crippen LogP contribution in [-0.2, 0) is 10.2 Å². The van der Waals surface area contributed by atoms with Crippen LogP contribution in [0.5, 0.6) is 0 Å². The third kappa shape index (κ3) is 3.96. The van der Waals surface area contributed by atoms with Crippen molar-refractivity contribution in [1.29, 1.82) is 0 Å². The average Bonchev–Trinajstić information content (AvgIpc) is 3.06. The molecule has 0 aliphatic carbocycles. The molecule has 2 N–H and O–H groups in total. The molecule has 0 saturated carbocycles. The smallest absolute Gasteiger partial charge is 0.358 e. The molecule has 0 unspecified atom stereocenters. The van der Waals surface area contributed by atoms with Crippen LogP contribution in [0.15, 0.2) is 52.9 Å². The Morgan fingerprint density at radius 1 is 1.04 bits per heavy atom. The Morgan fingerprint density at radius 2 is 1.68 bits per heavy atom. The van der Waals surface area contributed by atoms with Crippen molar-refractivity contribution >= 4 is 17.6 Å². The Labute approximate surface area is 163 Å². The van der Waals surface area contributed by atoms with Gasteiger partial charge >= 0.3 is 5.97 Å². The van der Waals surface area contributed by atoms with Crippen molar-refractivity contribution in [1.82, 2.24) is 4.98 Å². The maximum atomic E-state index is 11.7. The van der Waals surface area contributed by atoms with E-state index in [-0.39, 0.29) is 28.7 Å². The van der Waals surface area contributed by atoms with E-state index in [2.05, 4.69) is 31.1 Å². The molecule has 0 spiro atoms. The molecule has 3 aromatic rings. The summed E-state index contributed by atoms with van der Waals surface area (Å²) in [7, 11) is 0. The van der Waals surface area contributed by atoms with Crippen LogP contribution in [-0.4, -0.2) is 22.0 Å². The summed E-state index contributed by atoms with van der Waals surface area (Å²) in [5.41, 5.74) is 2.55. The van der Waals surface area contributed by atoms with Gasteiger partial charge in [-0.2, -0.15) is 0 Å². The monoisotopic (exact) mass is 378 g/mol. The van der Waals surface area contributed by atoms with E-state index in [9.17, 15) is 14.7 Å². The highest BCUT2D eigenvalue weighted by Crippen LogP contribution is 2.35. The van der Waals surface area contributed by atoms with E-state index in [1.807, 2.05) is 24.3 Å². The third-order valence-electron chi connectivity index (χ3n) is 4.31. The number of nitrogens with zero attached hydrogens (tertiary/aromatic N) is 1. The molecule has 6 heteroatoms. The van der Waals surface area contributed by atoms with E-state index in [1.54, 1.807) is 24.3 Å². The number of carboxylic acids is 1. The Hall–Kier alpha value is -3.41. The van der Waals surface area contributed by atoms with Crippen molar-refractivity contribution in [3.63, 3.8) is 0 Å². The lowest BCUT2D eigenvalue weighted by Gasteiger charge is -2.18. The Morgan fingerprint density at radius 3 is 2.25 bits per heavy atom. The highest BCUT2D eigenvalue weighted by atomic mass is 16.4. The van der Waals surface area contributed by atoms with Crippen molar-refractivity contribution in [3.8, 4) is 22.8 Å². The van der Waals surface area contributed by atoms with E-state index in [0.29, 0.717) is 16.8 Å². The van der Waals surface area contributed by atoms with Gasteiger partial charge in [0.1, 0.15) is 0 Å². The van der Waals surface area contributed by atoms with Gasteiger partial charge in [-0.3, -0.25) is 4.79 Å². The molecule has 1 amide bonds. The van der Waals surface area contributed by atoms with Crippen molar-refractivity contribution in [2.24, 2.45) is 0 Å². The van der Waals surface area contributed by atoms with Crippen LogP contribution in [0.1, 0.15) is 43.7 Å². The summed E-state index contributed by atoms with van der Waals surface area (Å²) in [6.45, 7) is 7.74. The van der Waals surface area contributed by atoms with Crippen LogP contribution in [0, 0.1) is 0 Å². The maximum absolute atomic E-state index is 11.7. The van der Waals surface area contributed by atoms with Crippen LogP contribution >= 0.6 is 0 Å². The summed E-state index contributed by atoms with van der Waals surface area (Å²) in [6.07, 6.45) is 0. The molecule has 0 aliphatic rings. The molecule has 2 aromatic carbocycles. The first-order valence-electron chi connectivity index (χ1n) is 8.89. The number of aromatic nitrogens is 1. The zero-order valence-corrected chi connectivity index (χ0v) is 16.2. The van der Waals surface area contributed by atoms with Gasteiger partial charge in [0, 0.05) is 18.1 Å². The summed E-state index contributed by atoms with van der Waals surface area (Å²) in [5.74, 6) is -1.15. The second-order valence-corrected chi connectivity index (χ2v) is 7.56. The minimum atomic E-state index is -1.20. The van der Waals surface area contributed by atoms with Crippen molar-refractivity contribution in [2.75, 3.05) is 5.32 Å². The number of amides is 1. The molecular formula is C22H22N2O4. The molecule has 3 rings (SSSR count). The number of nitrogens with one attached hydrogen (secondary N) is 1. The molecule has 144 valence electrons. The maximum Gasteiger partial charge on any atom is 0.358 e. The fourth-order valence-electron chi connectivity index (χ4n) is 2.86. The lowest BCUT2D eigenvalue weighted by Crippen LogP contribution is -2.10. The molecule has 0 radical (unpaired) electrons. The minimum absolute atomic E-state index is 0.00378. The molecule has 0 atom stereocenters. The normalized spacial score (nSPS) is 11.3. The van der Waals surface area contributed by atoms with E-state index in [0.717, 1.165) is 5.56 Å². The van der Waals surface area contributed by atoms with Crippen molar-refractivity contribution < 1.29 is 19.1 Å². The first-order chi connectivity index (χ1) is 13.2. The summed E-state index contributed by atoms with van der Waals surface area (Å²) >= 11 is 0.